The molecule has 1 rings (SSSR count). The number of para-hydroxylation sites is 1. The van der Waals surface area contributed by atoms with Crippen molar-refractivity contribution >= 4 is 17.3 Å². The van der Waals surface area contributed by atoms with E-state index in [0.29, 0.717) is 5.88 Å². The van der Waals surface area contributed by atoms with Crippen molar-refractivity contribution in [3.63, 3.8) is 0 Å². The Balaban J connectivity index is 2.92. The van der Waals surface area contributed by atoms with Gasteiger partial charge in [-0.3, -0.25) is 0 Å². The highest BCUT2D eigenvalue weighted by atomic mass is 35.5. The Morgan fingerprint density at radius 1 is 1.25 bits per heavy atom. The second-order valence-electron chi connectivity index (χ2n) is 2.96. The number of halogens is 1. The summed E-state index contributed by atoms with van der Waals surface area (Å²) < 4.78 is 0. The van der Waals surface area contributed by atoms with Crippen LogP contribution in [-0.4, -0.2) is 20.0 Å². The van der Waals surface area contributed by atoms with Crippen molar-refractivity contribution in [2.75, 3.05) is 24.9 Å². The molecule has 0 unspecified atom stereocenters. The molecule has 0 aromatic heterocycles. The molecule has 1 aromatic carbocycles. The fourth-order valence-electron chi connectivity index (χ4n) is 1.26. The molecule has 0 aliphatic heterocycles. The molecule has 0 amide bonds. The lowest BCUT2D eigenvalue weighted by Gasteiger charge is -2.16. The Hall–Kier alpha value is -0.690. The minimum absolute atomic E-state index is 0.685. The van der Waals surface area contributed by atoms with Crippen molar-refractivity contribution in [2.24, 2.45) is 0 Å². The maximum atomic E-state index is 5.69. The molecule has 0 radical (unpaired) electrons. The molecular formula is C10H14ClN. The first-order valence-corrected chi connectivity index (χ1v) is 4.60. The third kappa shape index (κ3) is 2.15. The van der Waals surface area contributed by atoms with Crippen LogP contribution >= 0.6 is 11.6 Å². The largest absolute Gasteiger partial charge is 0.377 e. The number of alkyl halides is 1. The second-order valence-corrected chi connectivity index (χ2v) is 3.34. The highest BCUT2D eigenvalue weighted by Gasteiger charge is 2.01. The summed E-state index contributed by atoms with van der Waals surface area (Å²) >= 11 is 5.69. The second kappa shape index (κ2) is 4.36. The van der Waals surface area contributed by atoms with Gasteiger partial charge in [0.1, 0.15) is 0 Å². The topological polar surface area (TPSA) is 3.24 Å². The molecule has 0 saturated heterocycles. The molecule has 12 heavy (non-hydrogen) atoms. The van der Waals surface area contributed by atoms with Gasteiger partial charge in [0.2, 0.25) is 0 Å². The van der Waals surface area contributed by atoms with Gasteiger partial charge in [-0.25, -0.2) is 0 Å². The summed E-state index contributed by atoms with van der Waals surface area (Å²) in [6, 6.07) is 8.33. The molecule has 1 nitrogen and oxygen atoms in total. The number of benzene rings is 1. The fraction of sp³-hybridized carbons (Fsp3) is 0.400. The molecule has 0 heterocycles. The lowest BCUT2D eigenvalue weighted by Crippen LogP contribution is -2.11. The van der Waals surface area contributed by atoms with Gasteiger partial charge in [-0.05, 0) is 18.1 Å². The average molecular weight is 184 g/mol. The van der Waals surface area contributed by atoms with Crippen molar-refractivity contribution in [3.05, 3.63) is 29.8 Å². The number of anilines is 1. The number of hydrogen-bond donors (Lipinski definition) is 0. The molecule has 0 spiro atoms. The monoisotopic (exact) mass is 183 g/mol. The minimum atomic E-state index is 0.685. The predicted molar refractivity (Wildman–Crippen MR) is 55.2 cm³/mol. The summed E-state index contributed by atoms with van der Waals surface area (Å²) in [6.07, 6.45) is 0.940. The normalized spacial score (nSPS) is 9.92. The molecule has 2 heteroatoms. The van der Waals surface area contributed by atoms with Gasteiger partial charge >= 0.3 is 0 Å². The molecule has 0 aliphatic carbocycles. The Bertz CT molecular complexity index is 245. The quantitative estimate of drug-likeness (QED) is 0.651. The Morgan fingerprint density at radius 3 is 2.50 bits per heavy atom. The van der Waals surface area contributed by atoms with Gasteiger partial charge in [-0.15, -0.1) is 11.6 Å². The number of nitrogens with zero attached hydrogens (tertiary/aromatic N) is 1. The van der Waals surface area contributed by atoms with Crippen molar-refractivity contribution in [1.29, 1.82) is 0 Å². The molecule has 1 aromatic rings. The number of aryl methyl sites for hydroxylation is 1. The standard InChI is InChI=1S/C10H14ClN/c1-12(2)10-6-4-3-5-9(10)7-8-11/h3-6H,7-8H2,1-2H3. The van der Waals surface area contributed by atoms with E-state index < -0.39 is 0 Å². The van der Waals surface area contributed by atoms with Crippen molar-refractivity contribution in [3.8, 4) is 0 Å². The van der Waals surface area contributed by atoms with Crippen LogP contribution in [0.15, 0.2) is 24.3 Å². The number of rotatable bonds is 3. The van der Waals surface area contributed by atoms with Crippen molar-refractivity contribution < 1.29 is 0 Å². The lowest BCUT2D eigenvalue weighted by molar-refractivity contribution is 1.06. The summed E-state index contributed by atoms with van der Waals surface area (Å²) in [5, 5.41) is 0. The molecule has 0 aliphatic rings. The van der Waals surface area contributed by atoms with Gasteiger partial charge in [0.05, 0.1) is 0 Å². The van der Waals surface area contributed by atoms with E-state index in [-0.39, 0.29) is 0 Å². The van der Waals surface area contributed by atoms with E-state index >= 15 is 0 Å². The van der Waals surface area contributed by atoms with Crippen LogP contribution in [0.5, 0.6) is 0 Å². The van der Waals surface area contributed by atoms with Gasteiger partial charge in [0, 0.05) is 25.7 Å². The molecule has 0 fully saturated rings. The Kier molecular flexibility index (Phi) is 3.42. The average Bonchev–Trinajstić information content (AvgIpc) is 2.05. The summed E-state index contributed by atoms with van der Waals surface area (Å²) in [7, 11) is 4.10. The van der Waals surface area contributed by atoms with Crippen molar-refractivity contribution in [1.82, 2.24) is 0 Å². The van der Waals surface area contributed by atoms with E-state index in [1.165, 1.54) is 11.3 Å². The highest BCUT2D eigenvalue weighted by Crippen LogP contribution is 2.18. The summed E-state index contributed by atoms with van der Waals surface area (Å²) in [4.78, 5) is 2.11. The summed E-state index contributed by atoms with van der Waals surface area (Å²) in [5.74, 6) is 0.685. The van der Waals surface area contributed by atoms with Crippen LogP contribution < -0.4 is 4.90 Å². The Labute approximate surface area is 79.0 Å². The van der Waals surface area contributed by atoms with E-state index in [1.807, 2.05) is 20.2 Å². The van der Waals surface area contributed by atoms with Crippen molar-refractivity contribution in [2.45, 2.75) is 6.42 Å². The van der Waals surface area contributed by atoms with Gasteiger partial charge in [0.15, 0.2) is 0 Å². The van der Waals surface area contributed by atoms with Crippen LogP contribution in [-0.2, 0) is 6.42 Å². The zero-order valence-corrected chi connectivity index (χ0v) is 8.30. The van der Waals surface area contributed by atoms with Crippen LogP contribution in [0.3, 0.4) is 0 Å². The van der Waals surface area contributed by atoms with Gasteiger partial charge in [0.25, 0.3) is 0 Å². The zero-order valence-electron chi connectivity index (χ0n) is 7.55. The van der Waals surface area contributed by atoms with Crippen LogP contribution in [0.2, 0.25) is 0 Å². The SMILES string of the molecule is CN(C)c1ccccc1CCCl. The molecule has 0 atom stereocenters. The van der Waals surface area contributed by atoms with E-state index in [2.05, 4.69) is 23.1 Å². The fourth-order valence-corrected chi connectivity index (χ4v) is 1.46. The van der Waals surface area contributed by atoms with Gasteiger partial charge in [-0.2, -0.15) is 0 Å². The van der Waals surface area contributed by atoms with Crippen LogP contribution in [0.4, 0.5) is 5.69 Å². The number of hydrogen-bond acceptors (Lipinski definition) is 1. The minimum Gasteiger partial charge on any atom is -0.377 e. The van der Waals surface area contributed by atoms with Crippen LogP contribution in [0.1, 0.15) is 5.56 Å². The molecule has 0 saturated carbocycles. The van der Waals surface area contributed by atoms with Gasteiger partial charge in [-0.1, -0.05) is 18.2 Å². The first kappa shape index (κ1) is 9.40. The third-order valence-electron chi connectivity index (χ3n) is 1.84. The van der Waals surface area contributed by atoms with E-state index in [9.17, 15) is 0 Å². The van der Waals surface area contributed by atoms with Gasteiger partial charge < -0.3 is 4.90 Å². The summed E-state index contributed by atoms with van der Waals surface area (Å²) in [5.41, 5.74) is 2.58. The van der Waals surface area contributed by atoms with Crippen LogP contribution in [0, 0.1) is 0 Å². The molecule has 0 bridgehead atoms. The lowest BCUT2D eigenvalue weighted by atomic mass is 10.1. The first-order chi connectivity index (χ1) is 5.75. The van der Waals surface area contributed by atoms with E-state index in [1.54, 1.807) is 0 Å². The van der Waals surface area contributed by atoms with E-state index in [4.69, 9.17) is 11.6 Å². The maximum Gasteiger partial charge on any atom is 0.0393 e. The Morgan fingerprint density at radius 2 is 1.92 bits per heavy atom. The smallest absolute Gasteiger partial charge is 0.0393 e. The molecular weight excluding hydrogens is 170 g/mol. The van der Waals surface area contributed by atoms with Crippen LogP contribution in [0.25, 0.3) is 0 Å². The highest BCUT2D eigenvalue weighted by molar-refractivity contribution is 6.18. The molecule has 66 valence electrons. The third-order valence-corrected chi connectivity index (χ3v) is 2.03. The summed E-state index contributed by atoms with van der Waals surface area (Å²) in [6.45, 7) is 0. The zero-order chi connectivity index (χ0) is 8.97. The maximum absolute atomic E-state index is 5.69. The first-order valence-electron chi connectivity index (χ1n) is 4.07. The predicted octanol–water partition coefficient (Wildman–Crippen LogP) is 2.53. The molecule has 0 N–H and O–H groups in total. The van der Waals surface area contributed by atoms with E-state index in [0.717, 1.165) is 6.42 Å².